The largest absolute Gasteiger partial charge is 0.493 e. The van der Waals surface area contributed by atoms with Gasteiger partial charge in [0.15, 0.2) is 0 Å². The summed E-state index contributed by atoms with van der Waals surface area (Å²) in [6, 6.07) is 7.46. The van der Waals surface area contributed by atoms with E-state index in [0.29, 0.717) is 18.2 Å². The first-order chi connectivity index (χ1) is 10.7. The van der Waals surface area contributed by atoms with Crippen molar-refractivity contribution in [3.05, 3.63) is 29.3 Å². The molecule has 1 aliphatic rings. The molecular weight excluding hydrogens is 302 g/mol. The van der Waals surface area contributed by atoms with E-state index in [9.17, 15) is 4.79 Å². The summed E-state index contributed by atoms with van der Waals surface area (Å²) >= 11 is 5.92. The highest BCUT2D eigenvalue weighted by Crippen LogP contribution is 2.19. The number of halogens is 1. The number of piperidine rings is 1. The highest BCUT2D eigenvalue weighted by molar-refractivity contribution is 6.30. The van der Waals surface area contributed by atoms with Crippen LogP contribution >= 0.6 is 11.6 Å². The molecular formula is C17H24ClNO3. The molecule has 0 unspecified atom stereocenters. The number of rotatable bonds is 7. The molecule has 1 aromatic carbocycles. The first kappa shape index (κ1) is 17.1. The van der Waals surface area contributed by atoms with Crippen LogP contribution in [0.5, 0.6) is 5.75 Å². The molecule has 0 saturated carbocycles. The van der Waals surface area contributed by atoms with Crippen LogP contribution < -0.4 is 4.74 Å². The number of esters is 1. The third kappa shape index (κ3) is 5.50. The van der Waals surface area contributed by atoms with Crippen LogP contribution in [-0.4, -0.2) is 43.7 Å². The number of carbonyl (C=O) groups is 1. The Labute approximate surface area is 137 Å². The van der Waals surface area contributed by atoms with Crippen LogP contribution in [0.1, 0.15) is 26.2 Å². The second-order valence-electron chi connectivity index (χ2n) is 5.53. The van der Waals surface area contributed by atoms with Gasteiger partial charge in [0.1, 0.15) is 5.75 Å². The molecule has 0 aromatic heterocycles. The van der Waals surface area contributed by atoms with Crippen molar-refractivity contribution in [3.8, 4) is 5.75 Å². The SMILES string of the molecule is CCOC(=O)C1CCN(CCCOc2cccc(Cl)c2)CC1. The molecule has 0 radical (unpaired) electrons. The zero-order valence-electron chi connectivity index (χ0n) is 13.1. The Bertz CT molecular complexity index is 473. The molecule has 1 saturated heterocycles. The lowest BCUT2D eigenvalue weighted by atomic mass is 9.97. The molecule has 1 aromatic rings. The van der Waals surface area contributed by atoms with Gasteiger partial charge in [-0.05, 0) is 57.5 Å². The molecule has 1 fully saturated rings. The van der Waals surface area contributed by atoms with Gasteiger partial charge in [0.25, 0.3) is 0 Å². The smallest absolute Gasteiger partial charge is 0.309 e. The highest BCUT2D eigenvalue weighted by atomic mass is 35.5. The van der Waals surface area contributed by atoms with Crippen molar-refractivity contribution in [3.63, 3.8) is 0 Å². The summed E-state index contributed by atoms with van der Waals surface area (Å²) in [7, 11) is 0. The predicted molar refractivity (Wildman–Crippen MR) is 87.4 cm³/mol. The van der Waals surface area contributed by atoms with Crippen LogP contribution in [0.15, 0.2) is 24.3 Å². The predicted octanol–water partition coefficient (Wildman–Crippen LogP) is 3.38. The van der Waals surface area contributed by atoms with Crippen LogP contribution in [0.4, 0.5) is 0 Å². The van der Waals surface area contributed by atoms with Crippen molar-refractivity contribution in [2.75, 3.05) is 32.8 Å². The molecule has 1 aliphatic heterocycles. The van der Waals surface area contributed by atoms with Gasteiger partial charge in [0.05, 0.1) is 19.1 Å². The minimum Gasteiger partial charge on any atom is -0.493 e. The van der Waals surface area contributed by atoms with Gasteiger partial charge in [-0.25, -0.2) is 0 Å². The van der Waals surface area contributed by atoms with Gasteiger partial charge in [-0.2, -0.15) is 0 Å². The summed E-state index contributed by atoms with van der Waals surface area (Å²) in [4.78, 5) is 14.1. The Balaban J connectivity index is 1.60. The Morgan fingerprint density at radius 2 is 2.14 bits per heavy atom. The quantitative estimate of drug-likeness (QED) is 0.569. The van der Waals surface area contributed by atoms with Gasteiger partial charge in [-0.3, -0.25) is 4.79 Å². The van der Waals surface area contributed by atoms with Crippen LogP contribution in [0.2, 0.25) is 5.02 Å². The first-order valence-electron chi connectivity index (χ1n) is 7.96. The molecule has 4 nitrogen and oxygen atoms in total. The third-order valence-corrected chi connectivity index (χ3v) is 4.13. The maximum atomic E-state index is 11.7. The van der Waals surface area contributed by atoms with Gasteiger partial charge in [0.2, 0.25) is 0 Å². The minimum absolute atomic E-state index is 0.0357. The van der Waals surface area contributed by atoms with Crippen LogP contribution in [-0.2, 0) is 9.53 Å². The molecule has 22 heavy (non-hydrogen) atoms. The lowest BCUT2D eigenvalue weighted by Crippen LogP contribution is -2.37. The fourth-order valence-electron chi connectivity index (χ4n) is 2.69. The molecule has 0 spiro atoms. The number of ether oxygens (including phenoxy) is 2. The average molecular weight is 326 g/mol. The van der Waals surface area contributed by atoms with E-state index < -0.39 is 0 Å². The highest BCUT2D eigenvalue weighted by Gasteiger charge is 2.25. The Morgan fingerprint density at radius 3 is 2.82 bits per heavy atom. The number of hydrogen-bond acceptors (Lipinski definition) is 4. The molecule has 1 heterocycles. The van der Waals surface area contributed by atoms with Crippen LogP contribution in [0.3, 0.4) is 0 Å². The van der Waals surface area contributed by atoms with Crippen molar-refractivity contribution < 1.29 is 14.3 Å². The van der Waals surface area contributed by atoms with Gasteiger partial charge in [0, 0.05) is 11.6 Å². The first-order valence-corrected chi connectivity index (χ1v) is 8.34. The maximum absolute atomic E-state index is 11.7. The topological polar surface area (TPSA) is 38.8 Å². The monoisotopic (exact) mass is 325 g/mol. The van der Waals surface area contributed by atoms with Crippen molar-refractivity contribution in [2.24, 2.45) is 5.92 Å². The van der Waals surface area contributed by atoms with Crippen molar-refractivity contribution in [2.45, 2.75) is 26.2 Å². The third-order valence-electron chi connectivity index (χ3n) is 3.89. The maximum Gasteiger partial charge on any atom is 0.309 e. The van der Waals surface area contributed by atoms with Crippen LogP contribution in [0.25, 0.3) is 0 Å². The summed E-state index contributed by atoms with van der Waals surface area (Å²) in [5.74, 6) is 0.860. The van der Waals surface area contributed by atoms with Crippen molar-refractivity contribution in [1.29, 1.82) is 0 Å². The van der Waals surface area contributed by atoms with Crippen molar-refractivity contribution in [1.82, 2.24) is 4.90 Å². The summed E-state index contributed by atoms with van der Waals surface area (Å²) in [6.07, 6.45) is 2.76. The summed E-state index contributed by atoms with van der Waals surface area (Å²) in [5.41, 5.74) is 0. The number of benzene rings is 1. The number of carbonyl (C=O) groups excluding carboxylic acids is 1. The fraction of sp³-hybridized carbons (Fsp3) is 0.588. The van der Waals surface area contributed by atoms with E-state index in [1.54, 1.807) is 0 Å². The Morgan fingerprint density at radius 1 is 1.36 bits per heavy atom. The van der Waals surface area contributed by atoms with E-state index in [2.05, 4.69) is 4.90 Å². The Kier molecular flexibility index (Phi) is 7.00. The van der Waals surface area contributed by atoms with Gasteiger partial charge < -0.3 is 14.4 Å². The van der Waals surface area contributed by atoms with E-state index in [4.69, 9.17) is 21.1 Å². The fourth-order valence-corrected chi connectivity index (χ4v) is 2.87. The summed E-state index contributed by atoms with van der Waals surface area (Å²) in [6.45, 7) is 5.92. The zero-order chi connectivity index (χ0) is 15.8. The minimum atomic E-state index is -0.0357. The molecule has 2 rings (SSSR count). The molecule has 0 N–H and O–H groups in total. The van der Waals surface area contributed by atoms with E-state index >= 15 is 0 Å². The summed E-state index contributed by atoms with van der Waals surface area (Å²) in [5, 5.41) is 0.693. The second kappa shape index (κ2) is 9.01. The lowest BCUT2D eigenvalue weighted by molar-refractivity contribution is -0.149. The van der Waals surface area contributed by atoms with E-state index in [0.717, 1.165) is 44.6 Å². The zero-order valence-corrected chi connectivity index (χ0v) is 13.8. The average Bonchev–Trinajstić information content (AvgIpc) is 2.52. The summed E-state index contributed by atoms with van der Waals surface area (Å²) < 4.78 is 10.8. The van der Waals surface area contributed by atoms with E-state index in [-0.39, 0.29) is 11.9 Å². The number of likely N-dealkylation sites (tertiary alicyclic amines) is 1. The van der Waals surface area contributed by atoms with Crippen LogP contribution in [0, 0.1) is 5.92 Å². The lowest BCUT2D eigenvalue weighted by Gasteiger charge is -2.30. The molecule has 0 bridgehead atoms. The molecule has 0 amide bonds. The Hall–Kier alpha value is -1.26. The van der Waals surface area contributed by atoms with E-state index in [1.807, 2.05) is 31.2 Å². The van der Waals surface area contributed by atoms with Gasteiger partial charge >= 0.3 is 5.97 Å². The standard InChI is InChI=1S/C17H24ClNO3/c1-2-21-17(20)14-7-10-19(11-8-14)9-4-12-22-16-6-3-5-15(18)13-16/h3,5-6,13-14H,2,4,7-12H2,1H3. The normalized spacial score (nSPS) is 16.5. The molecule has 5 heteroatoms. The van der Waals surface area contributed by atoms with E-state index in [1.165, 1.54) is 0 Å². The molecule has 0 atom stereocenters. The van der Waals surface area contributed by atoms with Gasteiger partial charge in [-0.1, -0.05) is 17.7 Å². The number of nitrogens with zero attached hydrogens (tertiary/aromatic N) is 1. The number of hydrogen-bond donors (Lipinski definition) is 0. The second-order valence-corrected chi connectivity index (χ2v) is 5.96. The van der Waals surface area contributed by atoms with Gasteiger partial charge in [-0.15, -0.1) is 0 Å². The molecule has 122 valence electrons. The van der Waals surface area contributed by atoms with Crippen molar-refractivity contribution >= 4 is 17.6 Å². The molecule has 0 aliphatic carbocycles.